The number of carbonyl (C=O) groups is 1. The average molecular weight is 311 g/mol. The minimum Gasteiger partial charge on any atom is -0.493 e. The fraction of sp³-hybridized carbons (Fsp3) is 0.176. The Balaban J connectivity index is 2.11. The second kappa shape index (κ2) is 7.18. The van der Waals surface area contributed by atoms with Crippen LogP contribution in [0.3, 0.4) is 0 Å². The van der Waals surface area contributed by atoms with Gasteiger partial charge >= 0.3 is 6.03 Å². The number of rotatable bonds is 4. The lowest BCUT2D eigenvalue weighted by Crippen LogP contribution is -2.20. The number of hydrogen-bond acceptors (Lipinski definition) is 4. The number of urea groups is 1. The van der Waals surface area contributed by atoms with Crippen LogP contribution in [-0.2, 0) is 0 Å². The quantitative estimate of drug-likeness (QED) is 0.904. The fourth-order valence-electron chi connectivity index (χ4n) is 2.03. The summed E-state index contributed by atoms with van der Waals surface area (Å²) in [6.07, 6.45) is 0. The van der Waals surface area contributed by atoms with E-state index in [2.05, 4.69) is 10.6 Å². The molecule has 0 aliphatic carbocycles. The Bertz CT molecular complexity index is 749. The van der Waals surface area contributed by atoms with Crippen LogP contribution in [0.5, 0.6) is 11.5 Å². The number of hydrogen-bond donors (Lipinski definition) is 2. The maximum absolute atomic E-state index is 12.1. The molecule has 0 fully saturated rings. The van der Waals surface area contributed by atoms with Crippen molar-refractivity contribution in [3.8, 4) is 17.6 Å². The molecule has 0 spiro atoms. The number of benzene rings is 2. The van der Waals surface area contributed by atoms with Gasteiger partial charge in [0.05, 0.1) is 25.9 Å². The van der Waals surface area contributed by atoms with E-state index in [0.29, 0.717) is 28.4 Å². The van der Waals surface area contributed by atoms with Crippen LogP contribution < -0.4 is 20.1 Å². The van der Waals surface area contributed by atoms with E-state index < -0.39 is 0 Å². The van der Waals surface area contributed by atoms with E-state index in [-0.39, 0.29) is 6.03 Å². The predicted octanol–water partition coefficient (Wildman–Crippen LogP) is 3.53. The number of aryl methyl sites for hydroxylation is 1. The molecule has 0 heterocycles. The maximum Gasteiger partial charge on any atom is 0.323 e. The van der Waals surface area contributed by atoms with Crippen molar-refractivity contribution in [2.24, 2.45) is 0 Å². The third-order valence-electron chi connectivity index (χ3n) is 3.25. The van der Waals surface area contributed by atoms with Crippen molar-refractivity contribution in [3.63, 3.8) is 0 Å². The normalized spacial score (nSPS) is 9.65. The maximum atomic E-state index is 12.1. The van der Waals surface area contributed by atoms with Crippen molar-refractivity contribution in [2.45, 2.75) is 6.92 Å². The van der Waals surface area contributed by atoms with Crippen molar-refractivity contribution in [1.29, 1.82) is 5.26 Å². The van der Waals surface area contributed by atoms with E-state index in [1.807, 2.05) is 13.0 Å². The van der Waals surface area contributed by atoms with Gasteiger partial charge in [-0.1, -0.05) is 0 Å². The molecule has 2 rings (SSSR count). The summed E-state index contributed by atoms with van der Waals surface area (Å²) in [4.78, 5) is 12.1. The molecule has 0 aliphatic heterocycles. The van der Waals surface area contributed by atoms with Crippen molar-refractivity contribution in [2.75, 3.05) is 24.9 Å². The molecule has 2 amide bonds. The monoisotopic (exact) mass is 311 g/mol. The van der Waals surface area contributed by atoms with Gasteiger partial charge in [-0.25, -0.2) is 4.79 Å². The van der Waals surface area contributed by atoms with Gasteiger partial charge in [-0.05, 0) is 42.8 Å². The average Bonchev–Trinajstić information content (AvgIpc) is 2.56. The number of anilines is 2. The first-order valence-corrected chi connectivity index (χ1v) is 6.88. The lowest BCUT2D eigenvalue weighted by atomic mass is 10.1. The second-order valence-electron chi connectivity index (χ2n) is 4.79. The van der Waals surface area contributed by atoms with Crippen molar-refractivity contribution < 1.29 is 14.3 Å². The Morgan fingerprint density at radius 3 is 2.22 bits per heavy atom. The topological polar surface area (TPSA) is 83.4 Å². The molecule has 0 aromatic heterocycles. The van der Waals surface area contributed by atoms with Crippen LogP contribution in [0.25, 0.3) is 0 Å². The van der Waals surface area contributed by atoms with Gasteiger partial charge in [-0.15, -0.1) is 0 Å². The lowest BCUT2D eigenvalue weighted by Gasteiger charge is -2.14. The zero-order valence-electron chi connectivity index (χ0n) is 13.1. The molecule has 0 bridgehead atoms. The van der Waals surface area contributed by atoms with Crippen LogP contribution in [0.2, 0.25) is 0 Å². The van der Waals surface area contributed by atoms with Gasteiger partial charge in [0.15, 0.2) is 11.5 Å². The molecule has 2 aromatic rings. The van der Waals surface area contributed by atoms with Gasteiger partial charge in [0.1, 0.15) is 0 Å². The summed E-state index contributed by atoms with van der Waals surface area (Å²) in [5.74, 6) is 1.13. The summed E-state index contributed by atoms with van der Waals surface area (Å²) in [7, 11) is 3.09. The van der Waals surface area contributed by atoms with Gasteiger partial charge < -0.3 is 20.1 Å². The van der Waals surface area contributed by atoms with Crippen molar-refractivity contribution in [3.05, 3.63) is 47.5 Å². The molecule has 0 atom stereocenters. The van der Waals surface area contributed by atoms with Crippen LogP contribution in [-0.4, -0.2) is 20.3 Å². The number of nitrogens with zero attached hydrogens (tertiary/aromatic N) is 1. The molecular formula is C17H17N3O3. The number of nitriles is 1. The molecule has 0 radical (unpaired) electrons. The van der Waals surface area contributed by atoms with Gasteiger partial charge in [0.25, 0.3) is 0 Å². The van der Waals surface area contributed by atoms with Crippen molar-refractivity contribution >= 4 is 17.4 Å². The van der Waals surface area contributed by atoms with E-state index in [1.54, 1.807) is 43.5 Å². The van der Waals surface area contributed by atoms with E-state index in [9.17, 15) is 4.79 Å². The SMILES string of the molecule is COc1cc(C)c(NC(=O)Nc2ccc(C#N)cc2)cc1OC. The predicted molar refractivity (Wildman–Crippen MR) is 88.1 cm³/mol. The van der Waals surface area contributed by atoms with Crippen LogP contribution >= 0.6 is 0 Å². The zero-order chi connectivity index (χ0) is 16.8. The van der Waals surface area contributed by atoms with E-state index >= 15 is 0 Å². The molecule has 0 aliphatic rings. The van der Waals surface area contributed by atoms with Crippen LogP contribution in [0.15, 0.2) is 36.4 Å². The largest absolute Gasteiger partial charge is 0.493 e. The Morgan fingerprint density at radius 1 is 1.04 bits per heavy atom. The van der Waals surface area contributed by atoms with E-state index in [4.69, 9.17) is 14.7 Å². The number of amides is 2. The minimum absolute atomic E-state index is 0.384. The Kier molecular flexibility index (Phi) is 5.05. The summed E-state index contributed by atoms with van der Waals surface area (Å²) in [6, 6.07) is 11.7. The molecule has 0 saturated carbocycles. The second-order valence-corrected chi connectivity index (χ2v) is 4.79. The van der Waals surface area contributed by atoms with Gasteiger partial charge in [-0.3, -0.25) is 0 Å². The molecule has 118 valence electrons. The fourth-order valence-corrected chi connectivity index (χ4v) is 2.03. The Hall–Kier alpha value is -3.20. The molecule has 0 unspecified atom stereocenters. The van der Waals surface area contributed by atoms with Crippen LogP contribution in [0.1, 0.15) is 11.1 Å². The highest BCUT2D eigenvalue weighted by Crippen LogP contribution is 2.32. The summed E-state index contributed by atoms with van der Waals surface area (Å²) >= 11 is 0. The lowest BCUT2D eigenvalue weighted by molar-refractivity contribution is 0.262. The molecular weight excluding hydrogens is 294 g/mol. The standard InChI is InChI=1S/C17H17N3O3/c1-11-8-15(22-2)16(23-3)9-14(11)20-17(21)19-13-6-4-12(10-18)5-7-13/h4-9H,1-3H3,(H2,19,20,21). The third-order valence-corrected chi connectivity index (χ3v) is 3.25. The Labute approximate surface area is 134 Å². The molecule has 6 nitrogen and oxygen atoms in total. The minimum atomic E-state index is -0.384. The molecule has 2 N–H and O–H groups in total. The first-order valence-electron chi connectivity index (χ1n) is 6.88. The molecule has 2 aromatic carbocycles. The molecule has 0 saturated heterocycles. The summed E-state index contributed by atoms with van der Waals surface area (Å²) in [5.41, 5.74) is 2.60. The first kappa shape index (κ1) is 16.2. The van der Waals surface area contributed by atoms with Gasteiger partial charge in [0.2, 0.25) is 0 Å². The highest BCUT2D eigenvalue weighted by atomic mass is 16.5. The van der Waals surface area contributed by atoms with Gasteiger partial charge in [-0.2, -0.15) is 5.26 Å². The van der Waals surface area contributed by atoms with Crippen LogP contribution in [0, 0.1) is 18.3 Å². The summed E-state index contributed by atoms with van der Waals surface area (Å²) in [5, 5.41) is 14.2. The van der Waals surface area contributed by atoms with Gasteiger partial charge in [0, 0.05) is 17.4 Å². The highest BCUT2D eigenvalue weighted by molar-refractivity contribution is 6.00. The third kappa shape index (κ3) is 3.92. The Morgan fingerprint density at radius 2 is 1.65 bits per heavy atom. The summed E-state index contributed by atoms with van der Waals surface area (Å²) < 4.78 is 10.4. The number of carbonyl (C=O) groups excluding carboxylic acids is 1. The number of methoxy groups -OCH3 is 2. The van der Waals surface area contributed by atoms with E-state index in [1.165, 1.54) is 7.11 Å². The summed E-state index contributed by atoms with van der Waals surface area (Å²) in [6.45, 7) is 1.86. The van der Waals surface area contributed by atoms with Crippen LogP contribution in [0.4, 0.5) is 16.2 Å². The van der Waals surface area contributed by atoms with E-state index in [0.717, 1.165) is 5.56 Å². The number of ether oxygens (including phenoxy) is 2. The smallest absolute Gasteiger partial charge is 0.323 e. The first-order chi connectivity index (χ1) is 11.1. The number of nitrogens with one attached hydrogen (secondary N) is 2. The zero-order valence-corrected chi connectivity index (χ0v) is 13.1. The highest BCUT2D eigenvalue weighted by Gasteiger charge is 2.11. The molecule has 6 heteroatoms. The molecule has 23 heavy (non-hydrogen) atoms. The van der Waals surface area contributed by atoms with Crippen molar-refractivity contribution in [1.82, 2.24) is 0 Å².